The Morgan fingerprint density at radius 3 is 2.92 bits per heavy atom. The van der Waals surface area contributed by atoms with Crippen molar-refractivity contribution in [3.8, 4) is 0 Å². The molecule has 136 valence electrons. The Labute approximate surface area is 153 Å². The highest BCUT2D eigenvalue weighted by atomic mass is 32.1. The molecule has 1 aliphatic rings. The number of likely N-dealkylation sites (tertiary alicyclic amines) is 1. The van der Waals surface area contributed by atoms with Crippen LogP contribution in [-0.4, -0.2) is 29.1 Å². The highest BCUT2D eigenvalue weighted by Crippen LogP contribution is 2.37. The summed E-state index contributed by atoms with van der Waals surface area (Å²) in [6.07, 6.45) is 2.32. The maximum Gasteiger partial charge on any atom is 0.261 e. The zero-order valence-corrected chi connectivity index (χ0v) is 16.3. The first-order valence-electron chi connectivity index (χ1n) is 8.99. The number of carbonyl (C=O) groups excluding carboxylic acids is 1. The van der Waals surface area contributed by atoms with Crippen LogP contribution in [0.3, 0.4) is 0 Å². The highest BCUT2D eigenvalue weighted by molar-refractivity contribution is 7.14. The first kappa shape index (κ1) is 18.1. The number of rotatable bonds is 6. The molecule has 1 unspecified atom stereocenters. The fourth-order valence-electron chi connectivity index (χ4n) is 3.31. The Morgan fingerprint density at radius 2 is 2.24 bits per heavy atom. The van der Waals surface area contributed by atoms with Gasteiger partial charge >= 0.3 is 0 Å². The van der Waals surface area contributed by atoms with E-state index in [4.69, 9.17) is 4.52 Å². The number of hydrogen-bond acceptors (Lipinski definition) is 5. The summed E-state index contributed by atoms with van der Waals surface area (Å²) in [5.74, 6) is 1.41. The summed E-state index contributed by atoms with van der Waals surface area (Å²) in [7, 11) is 0. The van der Waals surface area contributed by atoms with E-state index in [0.29, 0.717) is 18.5 Å². The standard InChI is InChI=1S/C19H27N3O2S/c1-12(2)10-20-19(23)18-8-7-17(25-18)16-6-5-9-22(16)11-15-13(3)21-24-14(15)4/h7-8,12,16H,5-6,9-11H2,1-4H3,(H,20,23). The first-order chi connectivity index (χ1) is 12.0. The molecule has 0 radical (unpaired) electrons. The van der Waals surface area contributed by atoms with Crippen LogP contribution in [0.25, 0.3) is 0 Å². The summed E-state index contributed by atoms with van der Waals surface area (Å²) < 4.78 is 5.30. The largest absolute Gasteiger partial charge is 0.361 e. The molecule has 1 N–H and O–H groups in total. The molecule has 0 saturated carbocycles. The van der Waals surface area contributed by atoms with Crippen molar-refractivity contribution in [3.63, 3.8) is 0 Å². The van der Waals surface area contributed by atoms with E-state index in [0.717, 1.165) is 35.8 Å². The monoisotopic (exact) mass is 361 g/mol. The Kier molecular flexibility index (Phi) is 5.59. The zero-order valence-electron chi connectivity index (χ0n) is 15.5. The van der Waals surface area contributed by atoms with E-state index >= 15 is 0 Å². The molecule has 0 aliphatic carbocycles. The van der Waals surface area contributed by atoms with Crippen LogP contribution in [0.4, 0.5) is 0 Å². The van der Waals surface area contributed by atoms with Crippen LogP contribution in [0, 0.1) is 19.8 Å². The Morgan fingerprint density at radius 1 is 1.44 bits per heavy atom. The van der Waals surface area contributed by atoms with Crippen molar-refractivity contribution in [3.05, 3.63) is 38.9 Å². The Balaban J connectivity index is 1.69. The zero-order chi connectivity index (χ0) is 18.0. The smallest absolute Gasteiger partial charge is 0.261 e. The molecule has 5 nitrogen and oxygen atoms in total. The number of carbonyl (C=O) groups is 1. The molecular formula is C19H27N3O2S. The van der Waals surface area contributed by atoms with Crippen molar-refractivity contribution >= 4 is 17.2 Å². The third kappa shape index (κ3) is 4.12. The molecule has 0 aromatic carbocycles. The van der Waals surface area contributed by atoms with Crippen molar-refractivity contribution < 1.29 is 9.32 Å². The fourth-order valence-corrected chi connectivity index (χ4v) is 4.40. The van der Waals surface area contributed by atoms with E-state index in [1.165, 1.54) is 16.9 Å². The molecule has 3 rings (SSSR count). The average Bonchev–Trinajstić information content (AvgIpc) is 3.29. The second kappa shape index (κ2) is 7.70. The molecule has 1 saturated heterocycles. The van der Waals surface area contributed by atoms with Crippen LogP contribution >= 0.6 is 11.3 Å². The van der Waals surface area contributed by atoms with Crippen molar-refractivity contribution in [2.45, 2.75) is 53.1 Å². The van der Waals surface area contributed by atoms with Gasteiger partial charge in [-0.1, -0.05) is 19.0 Å². The number of nitrogens with one attached hydrogen (secondary N) is 1. The molecule has 1 atom stereocenters. The third-order valence-electron chi connectivity index (χ3n) is 4.76. The minimum atomic E-state index is 0.0419. The molecule has 2 aromatic heterocycles. The molecular weight excluding hydrogens is 334 g/mol. The first-order valence-corrected chi connectivity index (χ1v) is 9.81. The summed E-state index contributed by atoms with van der Waals surface area (Å²) in [5.41, 5.74) is 2.17. The summed E-state index contributed by atoms with van der Waals surface area (Å²) in [4.78, 5) is 16.8. The lowest BCUT2D eigenvalue weighted by Crippen LogP contribution is -2.26. The van der Waals surface area contributed by atoms with Gasteiger partial charge in [-0.3, -0.25) is 9.69 Å². The molecule has 1 aliphatic heterocycles. The van der Waals surface area contributed by atoms with Gasteiger partial charge in [0.2, 0.25) is 0 Å². The van der Waals surface area contributed by atoms with Crippen LogP contribution < -0.4 is 5.32 Å². The third-order valence-corrected chi connectivity index (χ3v) is 5.94. The summed E-state index contributed by atoms with van der Waals surface area (Å²) >= 11 is 1.62. The Bertz CT molecular complexity index is 715. The highest BCUT2D eigenvalue weighted by Gasteiger charge is 2.29. The summed E-state index contributed by atoms with van der Waals surface area (Å²) in [6.45, 7) is 10.8. The topological polar surface area (TPSA) is 58.4 Å². The molecule has 1 amide bonds. The second-order valence-electron chi connectivity index (χ2n) is 7.24. The molecule has 25 heavy (non-hydrogen) atoms. The van der Waals surface area contributed by atoms with Gasteiger partial charge in [0, 0.05) is 29.6 Å². The molecule has 2 aromatic rings. The number of hydrogen-bond donors (Lipinski definition) is 1. The van der Waals surface area contributed by atoms with Gasteiger partial charge in [-0.2, -0.15) is 0 Å². The van der Waals surface area contributed by atoms with Crippen molar-refractivity contribution in [1.29, 1.82) is 0 Å². The predicted octanol–water partition coefficient (Wildman–Crippen LogP) is 4.08. The summed E-state index contributed by atoms with van der Waals surface area (Å²) in [6, 6.07) is 4.46. The van der Waals surface area contributed by atoms with Crippen LogP contribution in [0.2, 0.25) is 0 Å². The normalized spacial score (nSPS) is 18.2. The lowest BCUT2D eigenvalue weighted by atomic mass is 10.1. The van der Waals surface area contributed by atoms with Crippen molar-refractivity contribution in [2.75, 3.05) is 13.1 Å². The average molecular weight is 362 g/mol. The maximum absolute atomic E-state index is 12.3. The number of aryl methyl sites for hydroxylation is 2. The van der Waals surface area contributed by atoms with E-state index in [1.54, 1.807) is 11.3 Å². The lowest BCUT2D eigenvalue weighted by molar-refractivity contribution is 0.0953. The second-order valence-corrected chi connectivity index (χ2v) is 8.35. The fraction of sp³-hybridized carbons (Fsp3) is 0.579. The van der Waals surface area contributed by atoms with Gasteiger partial charge < -0.3 is 9.84 Å². The van der Waals surface area contributed by atoms with E-state index in [9.17, 15) is 4.79 Å². The van der Waals surface area contributed by atoms with Gasteiger partial charge in [-0.15, -0.1) is 11.3 Å². The molecule has 1 fully saturated rings. The van der Waals surface area contributed by atoms with Gasteiger partial charge in [0.05, 0.1) is 10.6 Å². The van der Waals surface area contributed by atoms with Gasteiger partial charge in [0.15, 0.2) is 0 Å². The minimum Gasteiger partial charge on any atom is -0.361 e. The predicted molar refractivity (Wildman–Crippen MR) is 99.9 cm³/mol. The van der Waals surface area contributed by atoms with Gasteiger partial charge in [-0.05, 0) is 51.3 Å². The van der Waals surface area contributed by atoms with E-state index < -0.39 is 0 Å². The quantitative estimate of drug-likeness (QED) is 0.842. The van der Waals surface area contributed by atoms with Gasteiger partial charge in [-0.25, -0.2) is 0 Å². The number of thiophene rings is 1. The number of aromatic nitrogens is 1. The van der Waals surface area contributed by atoms with E-state index in [1.807, 2.05) is 19.9 Å². The van der Waals surface area contributed by atoms with Gasteiger partial charge in [0.1, 0.15) is 5.76 Å². The lowest BCUT2D eigenvalue weighted by Gasteiger charge is -2.23. The van der Waals surface area contributed by atoms with E-state index in [2.05, 4.69) is 35.3 Å². The number of amides is 1. The number of nitrogens with zero attached hydrogens (tertiary/aromatic N) is 2. The summed E-state index contributed by atoms with van der Waals surface area (Å²) in [5, 5.41) is 7.07. The maximum atomic E-state index is 12.3. The van der Waals surface area contributed by atoms with Gasteiger partial charge in [0.25, 0.3) is 5.91 Å². The van der Waals surface area contributed by atoms with Crippen LogP contribution in [-0.2, 0) is 6.54 Å². The molecule has 6 heteroatoms. The van der Waals surface area contributed by atoms with Crippen molar-refractivity contribution in [2.24, 2.45) is 5.92 Å². The molecule has 3 heterocycles. The molecule has 0 spiro atoms. The Hall–Kier alpha value is -1.66. The van der Waals surface area contributed by atoms with Crippen molar-refractivity contribution in [1.82, 2.24) is 15.4 Å². The minimum absolute atomic E-state index is 0.0419. The van der Waals surface area contributed by atoms with Crippen LogP contribution in [0.15, 0.2) is 16.7 Å². The molecule has 0 bridgehead atoms. The van der Waals surface area contributed by atoms with Crippen LogP contribution in [0.1, 0.15) is 64.3 Å². The van der Waals surface area contributed by atoms with E-state index in [-0.39, 0.29) is 5.91 Å². The SMILES string of the molecule is Cc1noc(C)c1CN1CCCC1c1ccc(C(=O)NCC(C)C)s1. The van der Waals surface area contributed by atoms with Crippen LogP contribution in [0.5, 0.6) is 0 Å².